The second-order valence-electron chi connectivity index (χ2n) is 8.67. The van der Waals surface area contributed by atoms with Crippen molar-refractivity contribution in [3.63, 3.8) is 0 Å². The summed E-state index contributed by atoms with van der Waals surface area (Å²) in [5.41, 5.74) is 2.80. The molecule has 0 aromatic heterocycles. The molecule has 0 saturated carbocycles. The molecule has 196 valence electrons. The number of hydrogen-bond donors (Lipinski definition) is 1. The number of benzene rings is 3. The largest absolute Gasteiger partial charge is 0.357 e. The van der Waals surface area contributed by atoms with E-state index >= 15 is 0 Å². The maximum atomic E-state index is 13.9. The minimum Gasteiger partial charge on any atom is -0.357 e. The maximum absolute atomic E-state index is 13.9. The molecule has 2 amide bonds. The van der Waals surface area contributed by atoms with E-state index in [-0.39, 0.29) is 34.6 Å². The van der Waals surface area contributed by atoms with E-state index in [0.29, 0.717) is 0 Å². The van der Waals surface area contributed by atoms with E-state index < -0.39 is 28.5 Å². The van der Waals surface area contributed by atoms with Crippen LogP contribution in [0.2, 0.25) is 10.0 Å². The third-order valence-electron chi connectivity index (χ3n) is 5.93. The summed E-state index contributed by atoms with van der Waals surface area (Å²) >= 11 is 12.2. The van der Waals surface area contributed by atoms with E-state index in [0.717, 1.165) is 27.3 Å². The van der Waals surface area contributed by atoms with Crippen LogP contribution in [0, 0.1) is 6.92 Å². The Kier molecular flexibility index (Phi) is 9.59. The molecule has 0 radical (unpaired) electrons. The second-order valence-corrected chi connectivity index (χ2v) is 11.4. The lowest BCUT2D eigenvalue weighted by molar-refractivity contribution is -0.139. The van der Waals surface area contributed by atoms with Crippen LogP contribution in [0.3, 0.4) is 0 Å². The Morgan fingerprint density at radius 1 is 0.946 bits per heavy atom. The molecular weight excluding hydrogens is 533 g/mol. The highest BCUT2D eigenvalue weighted by Crippen LogP contribution is 2.27. The van der Waals surface area contributed by atoms with Gasteiger partial charge in [-0.2, -0.15) is 0 Å². The molecule has 3 aromatic rings. The molecule has 0 fully saturated rings. The molecule has 7 nitrogen and oxygen atoms in total. The topological polar surface area (TPSA) is 86.8 Å². The molecule has 0 bridgehead atoms. The Bertz CT molecular complexity index is 1350. The van der Waals surface area contributed by atoms with Crippen molar-refractivity contribution >= 4 is 50.7 Å². The number of nitrogens with zero attached hydrogens (tertiary/aromatic N) is 2. The summed E-state index contributed by atoms with van der Waals surface area (Å²) in [5.74, 6) is -0.906. The molecule has 3 aromatic carbocycles. The van der Waals surface area contributed by atoms with Crippen LogP contribution in [0.4, 0.5) is 5.69 Å². The number of sulfonamides is 1. The number of carbonyl (C=O) groups excluding carboxylic acids is 2. The molecular formula is C27H29Cl2N3O4S. The number of halogens is 2. The molecule has 0 aliphatic carbocycles. The van der Waals surface area contributed by atoms with Crippen molar-refractivity contribution in [3.05, 3.63) is 99.5 Å². The zero-order chi connectivity index (χ0) is 27.2. The second kappa shape index (κ2) is 12.4. The molecule has 37 heavy (non-hydrogen) atoms. The fraction of sp³-hybridized carbons (Fsp3) is 0.259. The number of anilines is 1. The molecule has 0 aliphatic rings. The van der Waals surface area contributed by atoms with Gasteiger partial charge >= 0.3 is 0 Å². The molecule has 1 atom stereocenters. The molecule has 0 unspecified atom stereocenters. The Hall–Kier alpha value is -3.07. The van der Waals surface area contributed by atoms with Crippen molar-refractivity contribution in [3.8, 4) is 0 Å². The number of amides is 2. The zero-order valence-electron chi connectivity index (χ0n) is 20.8. The number of likely N-dealkylation sites (N-methyl/N-ethyl adjacent to an activating group) is 1. The lowest BCUT2D eigenvalue weighted by Crippen LogP contribution is -2.53. The van der Waals surface area contributed by atoms with E-state index in [9.17, 15) is 18.0 Å². The van der Waals surface area contributed by atoms with Crippen LogP contribution in [0.15, 0.2) is 72.8 Å². The predicted molar refractivity (Wildman–Crippen MR) is 148 cm³/mol. The van der Waals surface area contributed by atoms with Gasteiger partial charge in [-0.3, -0.25) is 13.9 Å². The average molecular weight is 563 g/mol. The summed E-state index contributed by atoms with van der Waals surface area (Å²) in [6, 6.07) is 20.3. The van der Waals surface area contributed by atoms with Crippen LogP contribution in [-0.4, -0.2) is 51.0 Å². The third-order valence-corrected chi connectivity index (χ3v) is 7.51. The van der Waals surface area contributed by atoms with Crippen molar-refractivity contribution in [2.45, 2.75) is 25.9 Å². The van der Waals surface area contributed by atoms with Crippen molar-refractivity contribution in [1.82, 2.24) is 10.2 Å². The van der Waals surface area contributed by atoms with Crippen LogP contribution < -0.4 is 9.62 Å². The highest BCUT2D eigenvalue weighted by molar-refractivity contribution is 7.92. The van der Waals surface area contributed by atoms with Crippen LogP contribution in [0.5, 0.6) is 0 Å². The van der Waals surface area contributed by atoms with Gasteiger partial charge in [0.25, 0.3) is 0 Å². The zero-order valence-corrected chi connectivity index (χ0v) is 23.1. The van der Waals surface area contributed by atoms with Crippen LogP contribution >= 0.6 is 23.2 Å². The number of carbonyl (C=O) groups is 2. The van der Waals surface area contributed by atoms with Crippen LogP contribution in [-0.2, 0) is 32.6 Å². The van der Waals surface area contributed by atoms with Crippen LogP contribution in [0.1, 0.15) is 16.7 Å². The highest BCUT2D eigenvalue weighted by Gasteiger charge is 2.33. The number of nitrogens with one attached hydrogen (secondary N) is 1. The van der Waals surface area contributed by atoms with Crippen molar-refractivity contribution in [2.24, 2.45) is 0 Å². The minimum atomic E-state index is -3.90. The first-order valence-corrected chi connectivity index (χ1v) is 14.1. The molecule has 0 saturated heterocycles. The van der Waals surface area contributed by atoms with E-state index in [1.165, 1.54) is 30.1 Å². The van der Waals surface area contributed by atoms with Gasteiger partial charge in [0.15, 0.2) is 0 Å². The lowest BCUT2D eigenvalue weighted by atomic mass is 10.0. The summed E-state index contributed by atoms with van der Waals surface area (Å²) in [7, 11) is -2.40. The smallest absolute Gasteiger partial charge is 0.244 e. The quantitative estimate of drug-likeness (QED) is 0.396. The number of hydrogen-bond acceptors (Lipinski definition) is 4. The monoisotopic (exact) mass is 561 g/mol. The SMILES string of the molecule is CNC(=O)[C@H](Cc1ccccc1)N(Cc1ccccc1C)C(=O)CN(c1cc(Cl)cc(Cl)c1)S(C)(=O)=O. The van der Waals surface area contributed by atoms with Gasteiger partial charge in [0.1, 0.15) is 12.6 Å². The van der Waals surface area contributed by atoms with Gasteiger partial charge in [0.2, 0.25) is 21.8 Å². The van der Waals surface area contributed by atoms with Gasteiger partial charge in [0.05, 0.1) is 11.9 Å². The van der Waals surface area contributed by atoms with E-state index in [1.807, 2.05) is 61.5 Å². The Labute approximate surface area is 228 Å². The molecule has 0 spiro atoms. The van der Waals surface area contributed by atoms with Crippen molar-refractivity contribution in [2.75, 3.05) is 24.2 Å². The summed E-state index contributed by atoms with van der Waals surface area (Å²) in [4.78, 5) is 28.4. The van der Waals surface area contributed by atoms with Crippen LogP contribution in [0.25, 0.3) is 0 Å². The van der Waals surface area contributed by atoms with Crippen molar-refractivity contribution < 1.29 is 18.0 Å². The summed E-state index contributed by atoms with van der Waals surface area (Å²) in [6.07, 6.45) is 1.25. The van der Waals surface area contributed by atoms with E-state index in [4.69, 9.17) is 23.2 Å². The molecule has 1 N–H and O–H groups in total. The van der Waals surface area contributed by atoms with Crippen molar-refractivity contribution in [1.29, 1.82) is 0 Å². The first kappa shape index (κ1) is 28.5. The Morgan fingerprint density at radius 2 is 1.54 bits per heavy atom. The molecule has 10 heteroatoms. The predicted octanol–water partition coefficient (Wildman–Crippen LogP) is 4.45. The average Bonchev–Trinajstić information content (AvgIpc) is 2.84. The van der Waals surface area contributed by atoms with Gasteiger partial charge in [-0.15, -0.1) is 0 Å². The Morgan fingerprint density at radius 3 is 2.11 bits per heavy atom. The summed E-state index contributed by atoms with van der Waals surface area (Å²) in [5, 5.41) is 3.11. The lowest BCUT2D eigenvalue weighted by Gasteiger charge is -2.33. The summed E-state index contributed by atoms with van der Waals surface area (Å²) < 4.78 is 26.5. The fourth-order valence-electron chi connectivity index (χ4n) is 3.99. The first-order valence-electron chi connectivity index (χ1n) is 11.5. The third kappa shape index (κ3) is 7.71. The molecule has 0 aliphatic heterocycles. The number of aryl methyl sites for hydroxylation is 1. The van der Waals surface area contributed by atoms with E-state index in [1.54, 1.807) is 0 Å². The maximum Gasteiger partial charge on any atom is 0.244 e. The first-order chi connectivity index (χ1) is 17.5. The standard InChI is InChI=1S/C27H29Cl2N3O4S/c1-19-9-7-8-12-21(19)17-31(25(27(34)30-2)13-20-10-5-4-6-11-20)26(33)18-32(37(3,35)36)24-15-22(28)14-23(29)16-24/h4-12,14-16,25H,13,17-18H2,1-3H3,(H,30,34)/t25-/m0/s1. The van der Waals surface area contributed by atoms with Gasteiger partial charge in [-0.1, -0.05) is 77.8 Å². The van der Waals surface area contributed by atoms with Gasteiger partial charge in [-0.05, 0) is 41.8 Å². The summed E-state index contributed by atoms with van der Waals surface area (Å²) in [6.45, 7) is 1.49. The molecule has 3 rings (SSSR count). The van der Waals surface area contributed by atoms with E-state index in [2.05, 4.69) is 5.32 Å². The van der Waals surface area contributed by atoms with Gasteiger partial charge in [-0.25, -0.2) is 8.42 Å². The Balaban J connectivity index is 2.06. The van der Waals surface area contributed by atoms with Gasteiger partial charge < -0.3 is 10.2 Å². The minimum absolute atomic E-state index is 0.115. The van der Waals surface area contributed by atoms with Gasteiger partial charge in [0, 0.05) is 30.1 Å². The fourth-order valence-corrected chi connectivity index (χ4v) is 5.34. The molecule has 0 heterocycles. The highest BCUT2D eigenvalue weighted by atomic mass is 35.5. The normalized spacial score (nSPS) is 12.0. The number of rotatable bonds is 10.